The van der Waals surface area contributed by atoms with Gasteiger partial charge in [0.15, 0.2) is 0 Å². The van der Waals surface area contributed by atoms with E-state index >= 15 is 0 Å². The SMILES string of the molecule is Cc1cccc(-n2c(O)c(/C=N/c3sc4c(c3C#N)CCC4)c(=O)[nH]c2=O)c1. The molecule has 0 saturated heterocycles. The van der Waals surface area contributed by atoms with Crippen LogP contribution in [0.2, 0.25) is 0 Å². The van der Waals surface area contributed by atoms with E-state index < -0.39 is 17.1 Å². The minimum absolute atomic E-state index is 0.140. The highest BCUT2D eigenvalue weighted by molar-refractivity contribution is 7.16. The summed E-state index contributed by atoms with van der Waals surface area (Å²) in [7, 11) is 0. The third-order valence-corrected chi connectivity index (χ3v) is 5.91. The molecule has 2 heterocycles. The van der Waals surface area contributed by atoms with Crippen molar-refractivity contribution < 1.29 is 5.11 Å². The molecular weight excluding hydrogens is 376 g/mol. The standard InChI is InChI=1S/C20H16N4O3S/c1-11-4-2-5-12(8-11)24-19(26)15(17(25)23-20(24)27)10-22-18-14(9-21)13-6-3-7-16(13)28-18/h2,4-5,8,10,26H,3,6-7H2,1H3,(H,23,25,27)/b22-10+. The van der Waals surface area contributed by atoms with Crippen LogP contribution in [0.25, 0.3) is 5.69 Å². The Morgan fingerprint density at radius 1 is 1.36 bits per heavy atom. The molecule has 0 radical (unpaired) electrons. The molecule has 0 unspecified atom stereocenters. The Labute approximate surface area is 163 Å². The van der Waals surface area contributed by atoms with E-state index in [1.165, 1.54) is 17.6 Å². The summed E-state index contributed by atoms with van der Waals surface area (Å²) < 4.78 is 1.02. The van der Waals surface area contributed by atoms with Gasteiger partial charge in [0.1, 0.15) is 16.6 Å². The summed E-state index contributed by atoms with van der Waals surface area (Å²) in [4.78, 5) is 32.1. The molecule has 2 N–H and O–H groups in total. The van der Waals surface area contributed by atoms with Crippen LogP contribution in [0, 0.1) is 18.3 Å². The van der Waals surface area contributed by atoms with Gasteiger partial charge in [0.2, 0.25) is 5.88 Å². The molecule has 0 fully saturated rings. The number of thiophene rings is 1. The van der Waals surface area contributed by atoms with Gasteiger partial charge in [-0.05, 0) is 49.4 Å². The Bertz CT molecular complexity index is 1270. The molecule has 0 spiro atoms. The van der Waals surface area contributed by atoms with Gasteiger partial charge >= 0.3 is 5.69 Å². The molecule has 1 aliphatic rings. The first-order chi connectivity index (χ1) is 13.5. The number of fused-ring (bicyclic) bond motifs is 1. The van der Waals surface area contributed by atoms with Crippen LogP contribution in [0.15, 0.2) is 38.8 Å². The first kappa shape index (κ1) is 17.9. The van der Waals surface area contributed by atoms with Crippen LogP contribution in [-0.4, -0.2) is 20.9 Å². The number of aromatic amines is 1. The number of benzene rings is 1. The van der Waals surface area contributed by atoms with Gasteiger partial charge in [-0.3, -0.25) is 9.78 Å². The van der Waals surface area contributed by atoms with Gasteiger partial charge in [0.05, 0.1) is 11.3 Å². The molecule has 0 aliphatic heterocycles. The number of nitrogens with one attached hydrogen (secondary N) is 1. The summed E-state index contributed by atoms with van der Waals surface area (Å²) >= 11 is 1.43. The van der Waals surface area contributed by atoms with Crippen molar-refractivity contribution in [2.45, 2.75) is 26.2 Å². The second kappa shape index (κ2) is 6.94. The largest absolute Gasteiger partial charge is 0.493 e. The maximum absolute atomic E-state index is 12.3. The van der Waals surface area contributed by atoms with E-state index in [0.29, 0.717) is 16.3 Å². The first-order valence-corrected chi connectivity index (χ1v) is 9.55. The summed E-state index contributed by atoms with van der Waals surface area (Å²) in [5, 5.41) is 20.6. The third kappa shape index (κ3) is 2.96. The average molecular weight is 392 g/mol. The summed E-state index contributed by atoms with van der Waals surface area (Å²) in [6, 6.07) is 9.18. The average Bonchev–Trinajstić information content (AvgIpc) is 3.22. The Hall–Kier alpha value is -3.44. The maximum Gasteiger partial charge on any atom is 0.335 e. The second-order valence-electron chi connectivity index (χ2n) is 6.58. The molecule has 1 aromatic carbocycles. The number of nitrogens with zero attached hydrogens (tertiary/aromatic N) is 3. The summed E-state index contributed by atoms with van der Waals surface area (Å²) in [5.74, 6) is -0.495. The number of aryl methyl sites for hydroxylation is 2. The normalized spacial score (nSPS) is 13.0. The van der Waals surface area contributed by atoms with Crippen LogP contribution < -0.4 is 11.2 Å². The van der Waals surface area contributed by atoms with Crippen molar-refractivity contribution in [2.24, 2.45) is 4.99 Å². The maximum atomic E-state index is 12.3. The number of aromatic hydroxyl groups is 1. The van der Waals surface area contributed by atoms with Crippen LogP contribution in [0.1, 0.15) is 33.6 Å². The van der Waals surface area contributed by atoms with Gasteiger partial charge < -0.3 is 5.11 Å². The molecule has 7 nitrogen and oxygen atoms in total. The van der Waals surface area contributed by atoms with Crippen LogP contribution in [0.3, 0.4) is 0 Å². The number of aromatic nitrogens is 2. The minimum atomic E-state index is -0.738. The lowest BCUT2D eigenvalue weighted by Crippen LogP contribution is -2.31. The first-order valence-electron chi connectivity index (χ1n) is 8.73. The smallest absolute Gasteiger partial charge is 0.335 e. The summed E-state index contributed by atoms with van der Waals surface area (Å²) in [6.07, 6.45) is 4.02. The molecule has 1 aliphatic carbocycles. The highest BCUT2D eigenvalue weighted by Crippen LogP contribution is 2.40. The van der Waals surface area contributed by atoms with E-state index in [9.17, 15) is 20.0 Å². The molecule has 28 heavy (non-hydrogen) atoms. The monoisotopic (exact) mass is 392 g/mol. The van der Waals surface area contributed by atoms with Gasteiger partial charge in [-0.1, -0.05) is 12.1 Å². The van der Waals surface area contributed by atoms with E-state index in [4.69, 9.17) is 0 Å². The number of nitriles is 1. The van der Waals surface area contributed by atoms with Crippen LogP contribution >= 0.6 is 11.3 Å². The zero-order valence-corrected chi connectivity index (χ0v) is 15.8. The fourth-order valence-corrected chi connectivity index (χ4v) is 4.56. The van der Waals surface area contributed by atoms with Gasteiger partial charge in [-0.2, -0.15) is 5.26 Å². The molecule has 4 rings (SSSR count). The van der Waals surface area contributed by atoms with Crippen LogP contribution in [-0.2, 0) is 12.8 Å². The van der Waals surface area contributed by atoms with Crippen molar-refractivity contribution in [3.8, 4) is 17.6 Å². The molecule has 0 amide bonds. The minimum Gasteiger partial charge on any atom is -0.493 e. The lowest BCUT2D eigenvalue weighted by Gasteiger charge is -2.10. The summed E-state index contributed by atoms with van der Waals surface area (Å²) in [6.45, 7) is 1.86. The fourth-order valence-electron chi connectivity index (χ4n) is 3.38. The zero-order valence-electron chi connectivity index (χ0n) is 15.0. The highest BCUT2D eigenvalue weighted by atomic mass is 32.1. The number of rotatable bonds is 3. The van der Waals surface area contributed by atoms with Crippen molar-refractivity contribution in [1.82, 2.24) is 9.55 Å². The zero-order chi connectivity index (χ0) is 19.8. The Morgan fingerprint density at radius 2 is 2.18 bits per heavy atom. The predicted octanol–water partition coefficient (Wildman–Crippen LogP) is 2.71. The van der Waals surface area contributed by atoms with E-state index in [1.54, 1.807) is 18.2 Å². The lowest BCUT2D eigenvalue weighted by atomic mass is 10.1. The molecular formula is C20H16N4O3S. The number of aliphatic imine (C=N–C) groups is 1. The number of H-pyrrole nitrogens is 1. The molecule has 2 aromatic heterocycles. The van der Waals surface area contributed by atoms with E-state index in [2.05, 4.69) is 16.0 Å². The van der Waals surface area contributed by atoms with Crippen molar-refractivity contribution in [3.63, 3.8) is 0 Å². The topological polar surface area (TPSA) is 111 Å². The molecule has 0 bridgehead atoms. The fraction of sp³-hybridized carbons (Fsp3) is 0.200. The van der Waals surface area contributed by atoms with Crippen molar-refractivity contribution in [2.75, 3.05) is 0 Å². The Balaban J connectivity index is 1.83. The van der Waals surface area contributed by atoms with Gasteiger partial charge in [-0.25, -0.2) is 14.4 Å². The molecule has 140 valence electrons. The number of hydrogen-bond acceptors (Lipinski definition) is 6. The molecule has 3 aromatic rings. The Kier molecular flexibility index (Phi) is 4.45. The lowest BCUT2D eigenvalue weighted by molar-refractivity contribution is 0.430. The Morgan fingerprint density at radius 3 is 2.93 bits per heavy atom. The quantitative estimate of drug-likeness (QED) is 0.668. The van der Waals surface area contributed by atoms with E-state index in [0.717, 1.165) is 39.8 Å². The van der Waals surface area contributed by atoms with Gasteiger partial charge in [-0.15, -0.1) is 11.3 Å². The van der Waals surface area contributed by atoms with Gasteiger partial charge in [0.25, 0.3) is 5.56 Å². The van der Waals surface area contributed by atoms with Crippen molar-refractivity contribution >= 4 is 22.6 Å². The molecule has 0 atom stereocenters. The molecule has 8 heteroatoms. The van der Waals surface area contributed by atoms with E-state index in [1.807, 2.05) is 13.0 Å². The number of hydrogen-bond donors (Lipinski definition) is 2. The predicted molar refractivity (Wildman–Crippen MR) is 107 cm³/mol. The van der Waals surface area contributed by atoms with Crippen LogP contribution in [0.4, 0.5) is 5.00 Å². The van der Waals surface area contributed by atoms with Gasteiger partial charge in [0, 0.05) is 11.1 Å². The van der Waals surface area contributed by atoms with E-state index in [-0.39, 0.29) is 5.56 Å². The van der Waals surface area contributed by atoms with Crippen molar-refractivity contribution in [1.29, 1.82) is 5.26 Å². The van der Waals surface area contributed by atoms with Crippen molar-refractivity contribution in [3.05, 3.63) is 72.2 Å². The third-order valence-electron chi connectivity index (χ3n) is 4.71. The highest BCUT2D eigenvalue weighted by Gasteiger charge is 2.22. The van der Waals surface area contributed by atoms with Crippen LogP contribution in [0.5, 0.6) is 5.88 Å². The summed E-state index contributed by atoms with van der Waals surface area (Å²) in [5.41, 5.74) is 1.27. The molecule has 0 saturated carbocycles. The second-order valence-corrected chi connectivity index (χ2v) is 7.66.